The lowest BCUT2D eigenvalue weighted by Gasteiger charge is -2.25. The molecule has 2 aromatic rings. The van der Waals surface area contributed by atoms with Crippen LogP contribution in [0.25, 0.3) is 0 Å². The minimum absolute atomic E-state index is 0.204. The summed E-state index contributed by atoms with van der Waals surface area (Å²) in [4.78, 5) is 17.6. The second-order valence-electron chi connectivity index (χ2n) is 4.50. The van der Waals surface area contributed by atoms with Crippen molar-refractivity contribution in [2.45, 2.75) is 13.0 Å². The van der Waals surface area contributed by atoms with E-state index in [0.717, 1.165) is 12.1 Å². The van der Waals surface area contributed by atoms with E-state index in [-0.39, 0.29) is 11.9 Å². The first kappa shape index (κ1) is 14.1. The fourth-order valence-electron chi connectivity index (χ4n) is 1.87. The Morgan fingerprint density at radius 3 is 2.40 bits per heavy atom. The monoisotopic (exact) mass is 276 g/mol. The number of aromatic nitrogens is 1. The third-order valence-corrected chi connectivity index (χ3v) is 3.25. The lowest BCUT2D eigenvalue weighted by molar-refractivity contribution is 0.0742. The van der Waals surface area contributed by atoms with Crippen LogP contribution in [0, 0.1) is 11.6 Å². The maximum Gasteiger partial charge on any atom is 0.254 e. The van der Waals surface area contributed by atoms with Crippen LogP contribution >= 0.6 is 0 Å². The summed E-state index contributed by atoms with van der Waals surface area (Å²) in [7, 11) is 1.62. The molecule has 0 bridgehead atoms. The summed E-state index contributed by atoms with van der Waals surface area (Å²) in [5.41, 5.74) is 1.03. The van der Waals surface area contributed by atoms with Crippen LogP contribution in [-0.2, 0) is 0 Å². The molecule has 0 aliphatic rings. The van der Waals surface area contributed by atoms with Crippen LogP contribution in [-0.4, -0.2) is 22.8 Å². The van der Waals surface area contributed by atoms with Gasteiger partial charge < -0.3 is 4.90 Å². The molecule has 104 valence electrons. The number of hydrogen-bond donors (Lipinski definition) is 0. The zero-order chi connectivity index (χ0) is 14.7. The Bertz CT molecular complexity index is 617. The molecule has 0 saturated heterocycles. The molecule has 1 atom stereocenters. The molecule has 1 heterocycles. The highest BCUT2D eigenvalue weighted by molar-refractivity contribution is 5.94. The van der Waals surface area contributed by atoms with Gasteiger partial charge in [0, 0.05) is 25.0 Å². The van der Waals surface area contributed by atoms with Crippen molar-refractivity contribution in [1.82, 2.24) is 9.88 Å². The van der Waals surface area contributed by atoms with Gasteiger partial charge in [0.1, 0.15) is 0 Å². The summed E-state index contributed by atoms with van der Waals surface area (Å²) in [6, 6.07) is 6.49. The Hall–Kier alpha value is -2.30. The van der Waals surface area contributed by atoms with Crippen LogP contribution in [0.2, 0.25) is 0 Å². The molecule has 1 aromatic heterocycles. The lowest BCUT2D eigenvalue weighted by Crippen LogP contribution is -2.29. The summed E-state index contributed by atoms with van der Waals surface area (Å²) in [5.74, 6) is -2.02. The summed E-state index contributed by atoms with van der Waals surface area (Å²) in [6.45, 7) is 1.76. The van der Waals surface area contributed by atoms with E-state index in [9.17, 15) is 13.6 Å². The second-order valence-corrected chi connectivity index (χ2v) is 4.50. The Morgan fingerprint density at radius 2 is 1.80 bits per heavy atom. The molecule has 3 nitrogen and oxygen atoms in total. The molecule has 0 unspecified atom stereocenters. The van der Waals surface area contributed by atoms with E-state index in [2.05, 4.69) is 4.98 Å². The van der Waals surface area contributed by atoms with Crippen molar-refractivity contribution in [2.24, 2.45) is 0 Å². The molecule has 0 saturated carbocycles. The summed E-state index contributed by atoms with van der Waals surface area (Å²) in [6.07, 6.45) is 3.06. The van der Waals surface area contributed by atoms with Gasteiger partial charge in [0.15, 0.2) is 11.6 Å². The van der Waals surface area contributed by atoms with Crippen molar-refractivity contribution in [3.63, 3.8) is 0 Å². The van der Waals surface area contributed by atoms with E-state index in [1.54, 1.807) is 26.1 Å². The normalized spacial score (nSPS) is 12.0. The van der Waals surface area contributed by atoms with Gasteiger partial charge in [-0.3, -0.25) is 9.78 Å². The molecule has 0 radical (unpaired) electrons. The number of hydrogen-bond acceptors (Lipinski definition) is 2. The highest BCUT2D eigenvalue weighted by atomic mass is 19.2. The van der Waals surface area contributed by atoms with Crippen LogP contribution in [0.4, 0.5) is 8.78 Å². The van der Waals surface area contributed by atoms with Gasteiger partial charge in [0.2, 0.25) is 0 Å². The van der Waals surface area contributed by atoms with Crippen LogP contribution < -0.4 is 0 Å². The zero-order valence-electron chi connectivity index (χ0n) is 11.2. The minimum Gasteiger partial charge on any atom is -0.335 e. The van der Waals surface area contributed by atoms with Gasteiger partial charge in [0.05, 0.1) is 6.04 Å². The van der Waals surface area contributed by atoms with Gasteiger partial charge in [0.25, 0.3) is 5.91 Å². The third kappa shape index (κ3) is 2.82. The summed E-state index contributed by atoms with van der Waals surface area (Å²) < 4.78 is 26.2. The SMILES string of the molecule is C[C@H](c1ccc(F)c(F)c1)N(C)C(=O)c1ccncc1. The van der Waals surface area contributed by atoms with E-state index in [1.807, 2.05) is 0 Å². The van der Waals surface area contributed by atoms with Crippen LogP contribution in [0.15, 0.2) is 42.7 Å². The van der Waals surface area contributed by atoms with Crippen LogP contribution in [0.3, 0.4) is 0 Å². The molecule has 0 fully saturated rings. The van der Waals surface area contributed by atoms with E-state index >= 15 is 0 Å². The number of nitrogens with zero attached hydrogens (tertiary/aromatic N) is 2. The molecule has 0 aliphatic heterocycles. The first-order valence-corrected chi connectivity index (χ1v) is 6.13. The summed E-state index contributed by atoms with van der Waals surface area (Å²) in [5, 5.41) is 0. The quantitative estimate of drug-likeness (QED) is 0.862. The standard InChI is InChI=1S/C15H14F2N2O/c1-10(12-3-4-13(16)14(17)9-12)19(2)15(20)11-5-7-18-8-6-11/h3-10H,1-2H3/t10-/m1/s1. The highest BCUT2D eigenvalue weighted by Crippen LogP contribution is 2.22. The topological polar surface area (TPSA) is 33.2 Å². The zero-order valence-corrected chi connectivity index (χ0v) is 11.2. The fraction of sp³-hybridized carbons (Fsp3) is 0.200. The first-order valence-electron chi connectivity index (χ1n) is 6.13. The van der Waals surface area contributed by atoms with Crippen LogP contribution in [0.5, 0.6) is 0 Å². The molecular formula is C15H14F2N2O. The van der Waals surface area contributed by atoms with Crippen molar-refractivity contribution in [3.8, 4) is 0 Å². The Morgan fingerprint density at radius 1 is 1.15 bits per heavy atom. The average Bonchev–Trinajstić information content (AvgIpc) is 2.48. The Kier molecular flexibility index (Phi) is 4.08. The van der Waals surface area contributed by atoms with Crippen LogP contribution in [0.1, 0.15) is 28.9 Å². The van der Waals surface area contributed by atoms with Crippen molar-refractivity contribution >= 4 is 5.91 Å². The number of halogens is 2. The summed E-state index contributed by atoms with van der Waals surface area (Å²) >= 11 is 0. The van der Waals surface area contributed by atoms with E-state index in [1.165, 1.54) is 23.4 Å². The molecule has 0 N–H and O–H groups in total. The molecule has 2 rings (SSSR count). The van der Waals surface area contributed by atoms with Gasteiger partial charge in [-0.1, -0.05) is 6.07 Å². The predicted molar refractivity (Wildman–Crippen MR) is 71.1 cm³/mol. The molecule has 0 spiro atoms. The van der Waals surface area contributed by atoms with Gasteiger partial charge in [-0.15, -0.1) is 0 Å². The Balaban J connectivity index is 2.22. The van der Waals surface area contributed by atoms with Gasteiger partial charge in [-0.2, -0.15) is 0 Å². The second kappa shape index (κ2) is 5.77. The van der Waals surface area contributed by atoms with Gasteiger partial charge >= 0.3 is 0 Å². The fourth-order valence-corrected chi connectivity index (χ4v) is 1.87. The van der Waals surface area contributed by atoms with E-state index in [0.29, 0.717) is 11.1 Å². The number of rotatable bonds is 3. The molecular weight excluding hydrogens is 262 g/mol. The number of benzene rings is 1. The van der Waals surface area contributed by atoms with E-state index in [4.69, 9.17) is 0 Å². The highest BCUT2D eigenvalue weighted by Gasteiger charge is 2.19. The molecule has 20 heavy (non-hydrogen) atoms. The van der Waals surface area contributed by atoms with Crippen molar-refractivity contribution in [3.05, 3.63) is 65.5 Å². The number of carbonyl (C=O) groups excluding carboxylic acids is 1. The first-order chi connectivity index (χ1) is 9.50. The van der Waals surface area contributed by atoms with Crippen molar-refractivity contribution < 1.29 is 13.6 Å². The van der Waals surface area contributed by atoms with Gasteiger partial charge in [-0.25, -0.2) is 8.78 Å². The maximum absolute atomic E-state index is 13.2. The molecule has 1 aromatic carbocycles. The van der Waals surface area contributed by atoms with Crippen molar-refractivity contribution in [1.29, 1.82) is 0 Å². The number of pyridine rings is 1. The maximum atomic E-state index is 13.2. The smallest absolute Gasteiger partial charge is 0.254 e. The number of amides is 1. The van der Waals surface area contributed by atoms with Gasteiger partial charge in [-0.05, 0) is 36.8 Å². The lowest BCUT2D eigenvalue weighted by atomic mass is 10.1. The van der Waals surface area contributed by atoms with Crippen molar-refractivity contribution in [2.75, 3.05) is 7.05 Å². The average molecular weight is 276 g/mol. The van der Waals surface area contributed by atoms with E-state index < -0.39 is 11.6 Å². The largest absolute Gasteiger partial charge is 0.335 e. The molecule has 1 amide bonds. The third-order valence-electron chi connectivity index (χ3n) is 3.25. The molecule has 0 aliphatic carbocycles. The Labute approximate surface area is 115 Å². The minimum atomic E-state index is -0.917. The number of carbonyl (C=O) groups is 1. The predicted octanol–water partition coefficient (Wildman–Crippen LogP) is 3.19. The molecule has 5 heteroatoms.